The normalized spacial score (nSPS) is 9.59. The highest BCUT2D eigenvalue weighted by Gasteiger charge is 2.30. The van der Waals surface area contributed by atoms with Crippen LogP contribution >= 0.6 is 23.2 Å². The first-order valence-corrected chi connectivity index (χ1v) is 5.78. The summed E-state index contributed by atoms with van der Waals surface area (Å²) in [6, 6.07) is 0.894. The van der Waals surface area contributed by atoms with Crippen molar-refractivity contribution < 1.29 is 19.9 Å². The van der Waals surface area contributed by atoms with Crippen molar-refractivity contribution in [2.45, 2.75) is 4.84 Å². The molecule has 0 bridgehead atoms. The molecule has 14 heteroatoms. The summed E-state index contributed by atoms with van der Waals surface area (Å²) in [6.45, 7) is 0. The molecule has 1 rings (SSSR count). The highest BCUT2D eigenvalue weighted by atomic mass is 35.5. The van der Waals surface area contributed by atoms with Crippen LogP contribution in [-0.4, -0.2) is 30.5 Å². The second-order valence-corrected chi connectivity index (χ2v) is 4.46. The molecule has 0 heterocycles. The molecule has 0 saturated heterocycles. The van der Waals surface area contributed by atoms with Crippen molar-refractivity contribution in [3.63, 3.8) is 0 Å². The number of alkyl halides is 2. The number of phenolic OH excluding ortho intramolecular Hbond substituents is 1. The van der Waals surface area contributed by atoms with Gasteiger partial charge in [0.05, 0.1) is 26.9 Å². The molecule has 0 saturated carbocycles. The zero-order valence-corrected chi connectivity index (χ0v) is 11.8. The van der Waals surface area contributed by atoms with Gasteiger partial charge >= 0.3 is 11.4 Å². The molecule has 0 aliphatic heterocycles. The maximum absolute atomic E-state index is 10.4. The summed E-state index contributed by atoms with van der Waals surface area (Å²) >= 11 is 10.1. The molecule has 0 fully saturated rings. The summed E-state index contributed by atoms with van der Waals surface area (Å²) in [7, 11) is 0. The van der Waals surface area contributed by atoms with Gasteiger partial charge in [0.1, 0.15) is 5.84 Å². The van der Waals surface area contributed by atoms with Crippen molar-refractivity contribution in [1.29, 1.82) is 5.41 Å². The average molecular weight is 356 g/mol. The van der Waals surface area contributed by atoms with Crippen LogP contribution in [0.3, 0.4) is 0 Å². The first-order chi connectivity index (χ1) is 9.98. The zero-order valence-electron chi connectivity index (χ0n) is 10.3. The van der Waals surface area contributed by atoms with Crippen molar-refractivity contribution in [2.75, 3.05) is 0 Å². The Bertz CT molecular complexity index is 600. The Balaban J connectivity index is 0.000000626. The van der Waals surface area contributed by atoms with Gasteiger partial charge in [-0.2, -0.15) is 0 Å². The van der Waals surface area contributed by atoms with E-state index in [0.29, 0.717) is 12.1 Å². The highest BCUT2D eigenvalue weighted by molar-refractivity contribution is 6.53. The lowest BCUT2D eigenvalue weighted by Crippen LogP contribution is -2.16. The molecule has 0 aliphatic carbocycles. The Morgan fingerprint density at radius 2 is 1.41 bits per heavy atom. The predicted molar refractivity (Wildman–Crippen MR) is 75.5 cm³/mol. The van der Waals surface area contributed by atoms with Crippen molar-refractivity contribution >= 4 is 46.1 Å². The van der Waals surface area contributed by atoms with Gasteiger partial charge in [0.15, 0.2) is 4.84 Å². The number of nitrogens with one attached hydrogen (secondary N) is 1. The van der Waals surface area contributed by atoms with Crippen LogP contribution in [0.15, 0.2) is 12.1 Å². The van der Waals surface area contributed by atoms with E-state index in [4.69, 9.17) is 39.5 Å². The van der Waals surface area contributed by atoms with Crippen molar-refractivity contribution in [3.8, 4) is 5.75 Å². The van der Waals surface area contributed by atoms with E-state index >= 15 is 0 Å². The minimum atomic E-state index is -1.21. The molecule has 0 radical (unpaired) electrons. The first-order valence-electron chi connectivity index (χ1n) is 4.91. The smallest absolute Gasteiger partial charge is 0.324 e. The van der Waals surface area contributed by atoms with Gasteiger partial charge in [-0.15, -0.1) is 0 Å². The zero-order chi connectivity index (χ0) is 17.6. The summed E-state index contributed by atoms with van der Waals surface area (Å²) in [5.74, 6) is -1.42. The predicted octanol–water partition coefficient (Wildman–Crippen LogP) is 1.84. The quantitative estimate of drug-likeness (QED) is 0.238. The van der Waals surface area contributed by atoms with Crippen LogP contribution in [0.5, 0.6) is 5.75 Å². The van der Waals surface area contributed by atoms with Gasteiger partial charge in [-0.1, -0.05) is 23.2 Å². The maximum Gasteiger partial charge on any atom is 0.324 e. The Hall–Kier alpha value is -2.73. The van der Waals surface area contributed by atoms with Gasteiger partial charge in [-0.3, -0.25) is 35.8 Å². The van der Waals surface area contributed by atoms with Gasteiger partial charge in [0.2, 0.25) is 0 Å². The summed E-state index contributed by atoms with van der Waals surface area (Å²) in [5.41, 5.74) is 1.75. The topological polar surface area (TPSA) is 200 Å². The Kier molecular flexibility index (Phi) is 6.92. The van der Waals surface area contributed by atoms with Crippen LogP contribution in [0.2, 0.25) is 0 Å². The number of hydrogen-bond acceptors (Lipinski definition) is 8. The molecule has 0 unspecified atom stereocenters. The lowest BCUT2D eigenvalue weighted by Gasteiger charge is -1.97. The molecular formula is C8H7Cl2N5O7. The van der Waals surface area contributed by atoms with E-state index in [9.17, 15) is 30.3 Å². The highest BCUT2D eigenvalue weighted by Crippen LogP contribution is 2.38. The van der Waals surface area contributed by atoms with E-state index in [1.807, 2.05) is 0 Å². The number of rotatable bonds is 4. The molecule has 120 valence electrons. The molecule has 1 aromatic rings. The largest absolute Gasteiger partial charge is 0.497 e. The second kappa shape index (κ2) is 7.90. The van der Waals surface area contributed by atoms with E-state index in [2.05, 4.69) is 0 Å². The summed E-state index contributed by atoms with van der Waals surface area (Å²) in [5, 5.41) is 46.7. The summed E-state index contributed by atoms with van der Waals surface area (Å²) in [4.78, 5) is 26.9. The molecule has 22 heavy (non-hydrogen) atoms. The first kappa shape index (κ1) is 19.3. The SMILES string of the molecule is N=C(N)C(Cl)Cl.O=[N+]([O-])c1cc([N+](=O)[O-])c(O)c([N+](=O)[O-])c1. The van der Waals surface area contributed by atoms with E-state index in [1.165, 1.54) is 0 Å². The summed E-state index contributed by atoms with van der Waals surface area (Å²) < 4.78 is 0. The van der Waals surface area contributed by atoms with Crippen molar-refractivity contribution in [1.82, 2.24) is 0 Å². The molecule has 12 nitrogen and oxygen atoms in total. The number of halogens is 2. The van der Waals surface area contributed by atoms with Crippen LogP contribution < -0.4 is 5.73 Å². The number of amidine groups is 1. The third-order valence-electron chi connectivity index (χ3n) is 1.89. The number of non-ortho nitro benzene ring substituents is 1. The fourth-order valence-electron chi connectivity index (χ4n) is 0.974. The lowest BCUT2D eigenvalue weighted by molar-refractivity contribution is -0.404. The van der Waals surface area contributed by atoms with Crippen LogP contribution in [0, 0.1) is 35.8 Å². The van der Waals surface area contributed by atoms with Gasteiger partial charge in [-0.05, 0) is 0 Å². The fraction of sp³-hybridized carbons (Fsp3) is 0.125. The van der Waals surface area contributed by atoms with Gasteiger partial charge in [0.25, 0.3) is 11.4 Å². The minimum absolute atomic E-state index is 0.210. The minimum Gasteiger partial charge on any atom is -0.497 e. The van der Waals surface area contributed by atoms with Crippen molar-refractivity contribution in [3.05, 3.63) is 42.5 Å². The second-order valence-electron chi connectivity index (χ2n) is 3.36. The molecule has 0 atom stereocenters. The number of hydrogen-bond donors (Lipinski definition) is 3. The van der Waals surface area contributed by atoms with Gasteiger partial charge in [-0.25, -0.2) is 0 Å². The Morgan fingerprint density at radius 1 is 1.09 bits per heavy atom. The molecule has 0 aromatic heterocycles. The lowest BCUT2D eigenvalue weighted by atomic mass is 10.2. The number of phenols is 1. The fourth-order valence-corrected chi connectivity index (χ4v) is 0.974. The Morgan fingerprint density at radius 3 is 1.59 bits per heavy atom. The van der Waals surface area contributed by atoms with E-state index in [1.54, 1.807) is 0 Å². The number of nitro groups is 3. The number of nitrogens with two attached hydrogens (primary N) is 1. The molecular weight excluding hydrogens is 349 g/mol. The summed E-state index contributed by atoms with van der Waals surface area (Å²) in [6.07, 6.45) is 0. The van der Waals surface area contributed by atoms with Crippen molar-refractivity contribution in [2.24, 2.45) is 5.73 Å². The van der Waals surface area contributed by atoms with E-state index < -0.39 is 42.4 Å². The molecule has 4 N–H and O–H groups in total. The number of benzene rings is 1. The maximum atomic E-state index is 10.4. The number of nitro benzene ring substituents is 3. The van der Waals surface area contributed by atoms with E-state index in [0.717, 1.165) is 0 Å². The van der Waals surface area contributed by atoms with Gasteiger partial charge < -0.3 is 10.8 Å². The molecule has 0 aliphatic rings. The van der Waals surface area contributed by atoms with Crippen LogP contribution in [0.1, 0.15) is 0 Å². The van der Waals surface area contributed by atoms with Crippen LogP contribution in [-0.2, 0) is 0 Å². The monoisotopic (exact) mass is 355 g/mol. The van der Waals surface area contributed by atoms with Crippen LogP contribution in [0.25, 0.3) is 0 Å². The third kappa shape index (κ3) is 5.34. The number of nitrogens with zero attached hydrogens (tertiary/aromatic N) is 3. The average Bonchev–Trinajstić information content (AvgIpc) is 2.38. The molecule has 1 aromatic carbocycles. The Labute approximate surface area is 131 Å². The number of aromatic hydroxyl groups is 1. The molecule has 0 spiro atoms. The van der Waals surface area contributed by atoms with E-state index in [-0.39, 0.29) is 5.84 Å². The standard InChI is InChI=1S/C6H3N3O7.C2H4Cl2N2/c10-6-4(8(13)14)1-3(7(11)12)2-5(6)9(15)16;3-1(4)2(5)6/h1-2,10H;1H,(H3,5,6). The van der Waals surface area contributed by atoms with Crippen LogP contribution in [0.4, 0.5) is 17.1 Å². The molecule has 0 amide bonds. The third-order valence-corrected chi connectivity index (χ3v) is 2.36. The van der Waals surface area contributed by atoms with Gasteiger partial charge in [0, 0.05) is 0 Å².